The molecule has 2 aliphatic heterocycles. The predicted molar refractivity (Wildman–Crippen MR) is 73.6 cm³/mol. The summed E-state index contributed by atoms with van der Waals surface area (Å²) in [6.07, 6.45) is 5.85. The van der Waals surface area contributed by atoms with Crippen LogP contribution in [0.15, 0.2) is 24.5 Å². The van der Waals surface area contributed by atoms with Gasteiger partial charge in [-0.1, -0.05) is 0 Å². The van der Waals surface area contributed by atoms with E-state index in [1.54, 1.807) is 29.4 Å². The summed E-state index contributed by atoms with van der Waals surface area (Å²) in [6.45, 7) is 1.11. The molecule has 2 atom stereocenters. The van der Waals surface area contributed by atoms with Gasteiger partial charge in [0.05, 0.1) is 11.8 Å². The lowest BCUT2D eigenvalue weighted by atomic mass is 10.1. The second kappa shape index (κ2) is 4.82. The third kappa shape index (κ3) is 2.20. The van der Waals surface area contributed by atoms with Gasteiger partial charge in [-0.3, -0.25) is 9.78 Å². The van der Waals surface area contributed by atoms with E-state index in [2.05, 4.69) is 4.98 Å². The van der Waals surface area contributed by atoms with Crippen molar-refractivity contribution in [1.82, 2.24) is 14.2 Å². The molecule has 2 saturated heterocycles. The Morgan fingerprint density at radius 3 is 2.70 bits per heavy atom. The maximum atomic E-state index is 12.5. The van der Waals surface area contributed by atoms with Crippen molar-refractivity contribution in [3.8, 4) is 0 Å². The van der Waals surface area contributed by atoms with Crippen LogP contribution in [0.25, 0.3) is 0 Å². The topological polar surface area (TPSA) is 70.6 Å². The van der Waals surface area contributed by atoms with E-state index < -0.39 is 10.0 Å². The van der Waals surface area contributed by atoms with Crippen LogP contribution in [0.2, 0.25) is 0 Å². The summed E-state index contributed by atoms with van der Waals surface area (Å²) in [5.41, 5.74) is 0.561. The Hall–Kier alpha value is -1.47. The molecule has 3 rings (SSSR count). The first-order valence-corrected chi connectivity index (χ1v) is 8.51. The van der Waals surface area contributed by atoms with Crippen molar-refractivity contribution in [3.05, 3.63) is 30.1 Å². The fraction of sp³-hybridized carbons (Fsp3) is 0.538. The van der Waals surface area contributed by atoms with Crippen LogP contribution in [0.4, 0.5) is 0 Å². The number of hydrogen-bond donors (Lipinski definition) is 0. The smallest absolute Gasteiger partial charge is 0.255 e. The van der Waals surface area contributed by atoms with Gasteiger partial charge in [0.25, 0.3) is 5.91 Å². The quantitative estimate of drug-likeness (QED) is 0.788. The van der Waals surface area contributed by atoms with E-state index in [1.165, 1.54) is 10.6 Å². The van der Waals surface area contributed by atoms with Crippen molar-refractivity contribution in [3.63, 3.8) is 0 Å². The van der Waals surface area contributed by atoms with Gasteiger partial charge in [-0.05, 0) is 25.0 Å². The molecule has 0 N–H and O–H groups in total. The summed E-state index contributed by atoms with van der Waals surface area (Å²) in [6, 6.07) is 3.41. The molecule has 108 valence electrons. The zero-order chi connectivity index (χ0) is 14.3. The maximum Gasteiger partial charge on any atom is 0.255 e. The Kier molecular flexibility index (Phi) is 3.25. The van der Waals surface area contributed by atoms with E-state index in [9.17, 15) is 13.2 Å². The van der Waals surface area contributed by atoms with E-state index in [4.69, 9.17) is 0 Å². The SMILES string of the molecule is CS(=O)(=O)N1CC[C@@H]2[C@@H]1CCN2C(=O)c1cccnc1. The minimum Gasteiger partial charge on any atom is -0.334 e. The Balaban J connectivity index is 1.81. The summed E-state index contributed by atoms with van der Waals surface area (Å²) in [5, 5.41) is 0. The van der Waals surface area contributed by atoms with E-state index >= 15 is 0 Å². The van der Waals surface area contributed by atoms with E-state index in [0.717, 1.165) is 0 Å². The van der Waals surface area contributed by atoms with Gasteiger partial charge in [-0.25, -0.2) is 8.42 Å². The van der Waals surface area contributed by atoms with E-state index in [1.807, 2.05) is 0 Å². The van der Waals surface area contributed by atoms with Crippen molar-refractivity contribution in [2.45, 2.75) is 24.9 Å². The minimum absolute atomic E-state index is 0.00238. The molecule has 1 aromatic heterocycles. The molecule has 2 fully saturated rings. The fourth-order valence-electron chi connectivity index (χ4n) is 3.27. The third-order valence-corrected chi connectivity index (χ3v) is 5.43. The summed E-state index contributed by atoms with van der Waals surface area (Å²) in [7, 11) is -3.19. The molecule has 0 aromatic carbocycles. The molecule has 20 heavy (non-hydrogen) atoms. The Bertz CT molecular complexity index is 617. The average molecular weight is 295 g/mol. The second-order valence-electron chi connectivity index (χ2n) is 5.33. The highest BCUT2D eigenvalue weighted by molar-refractivity contribution is 7.88. The molecular weight excluding hydrogens is 278 g/mol. The Morgan fingerprint density at radius 2 is 2.05 bits per heavy atom. The molecule has 1 amide bonds. The number of rotatable bonds is 2. The summed E-state index contributed by atoms with van der Waals surface area (Å²) < 4.78 is 25.0. The van der Waals surface area contributed by atoms with Crippen LogP contribution in [0.1, 0.15) is 23.2 Å². The molecule has 0 bridgehead atoms. The highest BCUT2D eigenvalue weighted by atomic mass is 32.2. The first-order valence-electron chi connectivity index (χ1n) is 6.66. The van der Waals surface area contributed by atoms with Gasteiger partial charge >= 0.3 is 0 Å². The number of nitrogens with zero attached hydrogens (tertiary/aromatic N) is 3. The maximum absolute atomic E-state index is 12.5. The molecule has 0 unspecified atom stereocenters. The van der Waals surface area contributed by atoms with Gasteiger partial charge in [-0.2, -0.15) is 4.31 Å². The van der Waals surface area contributed by atoms with Crippen molar-refractivity contribution in [2.24, 2.45) is 0 Å². The normalized spacial score (nSPS) is 26.8. The highest BCUT2D eigenvalue weighted by Crippen LogP contribution is 2.33. The molecule has 2 aliphatic rings. The molecule has 3 heterocycles. The second-order valence-corrected chi connectivity index (χ2v) is 7.26. The summed E-state index contributed by atoms with van der Waals surface area (Å²) in [4.78, 5) is 18.2. The van der Waals surface area contributed by atoms with E-state index in [-0.39, 0.29) is 18.0 Å². The molecular formula is C13H17N3O3S. The number of carbonyl (C=O) groups excluding carboxylic acids is 1. The van der Waals surface area contributed by atoms with Crippen LogP contribution in [0.3, 0.4) is 0 Å². The van der Waals surface area contributed by atoms with Crippen LogP contribution in [0.5, 0.6) is 0 Å². The summed E-state index contributed by atoms with van der Waals surface area (Å²) in [5.74, 6) is -0.0547. The zero-order valence-corrected chi connectivity index (χ0v) is 12.1. The molecule has 1 aromatic rings. The predicted octanol–water partition coefficient (Wildman–Crippen LogP) is 0.330. The number of hydrogen-bond acceptors (Lipinski definition) is 4. The van der Waals surface area contributed by atoms with Gasteiger partial charge in [0.1, 0.15) is 0 Å². The molecule has 6 nitrogen and oxygen atoms in total. The van der Waals surface area contributed by atoms with Crippen molar-refractivity contribution in [1.29, 1.82) is 0 Å². The van der Waals surface area contributed by atoms with Crippen LogP contribution >= 0.6 is 0 Å². The van der Waals surface area contributed by atoms with Gasteiger partial charge in [-0.15, -0.1) is 0 Å². The molecule has 0 spiro atoms. The first kappa shape index (κ1) is 13.5. The van der Waals surface area contributed by atoms with Crippen LogP contribution in [0, 0.1) is 0 Å². The zero-order valence-electron chi connectivity index (χ0n) is 11.3. The number of amides is 1. The van der Waals surface area contributed by atoms with E-state index in [0.29, 0.717) is 31.5 Å². The van der Waals surface area contributed by atoms with Crippen LogP contribution in [-0.2, 0) is 10.0 Å². The number of likely N-dealkylation sites (tertiary alicyclic amines) is 1. The van der Waals surface area contributed by atoms with Gasteiger partial charge in [0.2, 0.25) is 10.0 Å². The minimum atomic E-state index is -3.19. The lowest BCUT2D eigenvalue weighted by Crippen LogP contribution is -2.41. The van der Waals surface area contributed by atoms with Crippen LogP contribution in [-0.4, -0.2) is 59.9 Å². The van der Waals surface area contributed by atoms with Gasteiger partial charge < -0.3 is 4.90 Å². The number of sulfonamides is 1. The molecule has 0 saturated carbocycles. The summed E-state index contributed by atoms with van der Waals surface area (Å²) >= 11 is 0. The van der Waals surface area contributed by atoms with Crippen molar-refractivity contribution < 1.29 is 13.2 Å². The fourth-order valence-corrected chi connectivity index (χ4v) is 4.44. The van der Waals surface area contributed by atoms with Crippen molar-refractivity contribution in [2.75, 3.05) is 19.3 Å². The Morgan fingerprint density at radius 1 is 1.30 bits per heavy atom. The molecule has 7 heteroatoms. The van der Waals surface area contributed by atoms with Gasteiger partial charge in [0.15, 0.2) is 0 Å². The van der Waals surface area contributed by atoms with Crippen molar-refractivity contribution >= 4 is 15.9 Å². The monoisotopic (exact) mass is 295 g/mol. The first-order chi connectivity index (χ1) is 9.48. The van der Waals surface area contributed by atoms with Crippen LogP contribution < -0.4 is 0 Å². The average Bonchev–Trinajstić information content (AvgIpc) is 2.98. The standard InChI is InChI=1S/C13H17N3O3S/c1-20(18,19)16-8-5-11-12(16)4-7-15(11)13(17)10-3-2-6-14-9-10/h2-3,6,9,11-12H,4-5,7-8H2,1H3/t11-,12+/m1/s1. The third-order valence-electron chi connectivity index (χ3n) is 4.12. The Labute approximate surface area is 118 Å². The number of aromatic nitrogens is 1. The lowest BCUT2D eigenvalue weighted by Gasteiger charge is -2.24. The largest absolute Gasteiger partial charge is 0.334 e. The van der Waals surface area contributed by atoms with Gasteiger partial charge in [0, 0.05) is 37.6 Å². The highest BCUT2D eigenvalue weighted by Gasteiger charge is 2.47. The number of pyridine rings is 1. The number of carbonyl (C=O) groups is 1. The number of fused-ring (bicyclic) bond motifs is 1. The lowest BCUT2D eigenvalue weighted by molar-refractivity contribution is 0.0734. The molecule has 0 radical (unpaired) electrons. The molecule has 0 aliphatic carbocycles.